The number of rotatable bonds is 3. The molecular weight excluding hydrogens is 168 g/mol. The van der Waals surface area contributed by atoms with Crippen molar-refractivity contribution < 1.29 is 14.3 Å². The van der Waals surface area contributed by atoms with Crippen LogP contribution >= 0.6 is 0 Å². The second kappa shape index (κ2) is 4.40. The lowest BCUT2D eigenvalue weighted by atomic mass is 9.93. The topological polar surface area (TPSA) is 43.4 Å². The van der Waals surface area contributed by atoms with Gasteiger partial charge in [0.15, 0.2) is 0 Å². The van der Waals surface area contributed by atoms with Crippen LogP contribution in [0.2, 0.25) is 0 Å². The summed E-state index contributed by atoms with van der Waals surface area (Å²) in [4.78, 5) is 22.0. The highest BCUT2D eigenvalue weighted by Gasteiger charge is 2.30. The van der Waals surface area contributed by atoms with Gasteiger partial charge in [-0.05, 0) is 18.8 Å². The molecule has 1 saturated carbocycles. The third-order valence-corrected chi connectivity index (χ3v) is 2.92. The van der Waals surface area contributed by atoms with Crippen LogP contribution in [0.3, 0.4) is 0 Å². The molecule has 1 fully saturated rings. The maximum absolute atomic E-state index is 11.2. The van der Waals surface area contributed by atoms with Crippen molar-refractivity contribution in [3.05, 3.63) is 0 Å². The van der Waals surface area contributed by atoms with Gasteiger partial charge in [-0.1, -0.05) is 6.92 Å². The minimum absolute atomic E-state index is 0.143. The molecule has 0 bridgehead atoms. The van der Waals surface area contributed by atoms with Crippen molar-refractivity contribution >= 4 is 11.8 Å². The summed E-state index contributed by atoms with van der Waals surface area (Å²) in [5, 5.41) is 0. The van der Waals surface area contributed by atoms with Gasteiger partial charge in [0.25, 0.3) is 0 Å². The minimum atomic E-state index is -0.174. The van der Waals surface area contributed by atoms with Crippen LogP contribution in [0.5, 0.6) is 0 Å². The van der Waals surface area contributed by atoms with Crippen molar-refractivity contribution in [1.82, 2.24) is 0 Å². The number of carbonyl (C=O) groups is 2. The van der Waals surface area contributed by atoms with Gasteiger partial charge >= 0.3 is 5.97 Å². The molecule has 0 aromatic rings. The molecule has 0 amide bonds. The first-order chi connectivity index (χ1) is 6.15. The van der Waals surface area contributed by atoms with Gasteiger partial charge in [0, 0.05) is 18.8 Å². The third-order valence-electron chi connectivity index (χ3n) is 2.92. The summed E-state index contributed by atoms with van der Waals surface area (Å²) in [6.07, 6.45) is 2.86. The second-order valence-corrected chi connectivity index (χ2v) is 3.67. The van der Waals surface area contributed by atoms with Crippen LogP contribution in [0.25, 0.3) is 0 Å². The monoisotopic (exact) mass is 184 g/mol. The van der Waals surface area contributed by atoms with Crippen LogP contribution in [0.15, 0.2) is 0 Å². The minimum Gasteiger partial charge on any atom is -0.469 e. The van der Waals surface area contributed by atoms with Gasteiger partial charge in [-0.25, -0.2) is 0 Å². The van der Waals surface area contributed by atoms with E-state index in [1.807, 2.05) is 6.92 Å². The van der Waals surface area contributed by atoms with Gasteiger partial charge in [0.2, 0.25) is 0 Å². The zero-order valence-electron chi connectivity index (χ0n) is 8.21. The van der Waals surface area contributed by atoms with E-state index in [0.29, 0.717) is 24.5 Å². The Morgan fingerprint density at radius 1 is 1.62 bits per heavy atom. The molecule has 0 saturated heterocycles. The summed E-state index contributed by atoms with van der Waals surface area (Å²) >= 11 is 0. The van der Waals surface area contributed by atoms with Crippen molar-refractivity contribution in [3.8, 4) is 0 Å². The number of hydrogen-bond donors (Lipinski definition) is 0. The molecule has 0 aromatic carbocycles. The van der Waals surface area contributed by atoms with Gasteiger partial charge in [0.05, 0.1) is 7.11 Å². The molecule has 1 aliphatic rings. The molecule has 1 rings (SSSR count). The quantitative estimate of drug-likeness (QED) is 0.625. The van der Waals surface area contributed by atoms with E-state index in [1.165, 1.54) is 7.11 Å². The van der Waals surface area contributed by atoms with E-state index in [9.17, 15) is 9.59 Å². The molecule has 3 nitrogen and oxygen atoms in total. The zero-order valence-corrected chi connectivity index (χ0v) is 8.21. The SMILES string of the molecule is COC(=O)CC[C@H]1CCC(=O)[C@@H]1C. The van der Waals surface area contributed by atoms with E-state index in [1.54, 1.807) is 0 Å². The van der Waals surface area contributed by atoms with Gasteiger partial charge < -0.3 is 4.74 Å². The number of esters is 1. The molecule has 1 aliphatic carbocycles. The first-order valence-electron chi connectivity index (χ1n) is 4.74. The highest BCUT2D eigenvalue weighted by molar-refractivity contribution is 5.83. The Bertz CT molecular complexity index is 210. The predicted molar refractivity (Wildman–Crippen MR) is 48.1 cm³/mol. The summed E-state index contributed by atoms with van der Waals surface area (Å²) in [7, 11) is 1.39. The van der Waals surface area contributed by atoms with E-state index in [4.69, 9.17) is 0 Å². The average molecular weight is 184 g/mol. The molecule has 0 aromatic heterocycles. The number of ketones is 1. The van der Waals surface area contributed by atoms with E-state index in [-0.39, 0.29) is 11.9 Å². The summed E-state index contributed by atoms with van der Waals surface area (Å²) in [5.74, 6) is 0.706. The smallest absolute Gasteiger partial charge is 0.305 e. The van der Waals surface area contributed by atoms with Crippen LogP contribution in [-0.4, -0.2) is 18.9 Å². The van der Waals surface area contributed by atoms with Crippen molar-refractivity contribution in [1.29, 1.82) is 0 Å². The first kappa shape index (κ1) is 10.2. The fraction of sp³-hybridized carbons (Fsp3) is 0.800. The van der Waals surface area contributed by atoms with Crippen molar-refractivity contribution in [2.45, 2.75) is 32.6 Å². The Morgan fingerprint density at radius 2 is 2.31 bits per heavy atom. The van der Waals surface area contributed by atoms with Gasteiger partial charge in [-0.2, -0.15) is 0 Å². The van der Waals surface area contributed by atoms with Gasteiger partial charge in [0.1, 0.15) is 5.78 Å². The fourth-order valence-electron chi connectivity index (χ4n) is 1.87. The number of hydrogen-bond acceptors (Lipinski definition) is 3. The zero-order chi connectivity index (χ0) is 9.84. The summed E-state index contributed by atoms with van der Waals surface area (Å²) in [6, 6.07) is 0. The molecule has 0 heterocycles. The lowest BCUT2D eigenvalue weighted by Gasteiger charge is -2.12. The van der Waals surface area contributed by atoms with E-state index >= 15 is 0 Å². The number of methoxy groups -OCH3 is 1. The largest absolute Gasteiger partial charge is 0.469 e. The molecule has 0 unspecified atom stereocenters. The molecule has 0 aliphatic heterocycles. The van der Waals surface area contributed by atoms with Crippen LogP contribution in [-0.2, 0) is 14.3 Å². The predicted octanol–water partition coefficient (Wildman–Crippen LogP) is 1.55. The lowest BCUT2D eigenvalue weighted by molar-refractivity contribution is -0.141. The molecule has 0 radical (unpaired) electrons. The van der Waals surface area contributed by atoms with E-state index in [0.717, 1.165) is 12.8 Å². The van der Waals surface area contributed by atoms with E-state index < -0.39 is 0 Å². The Labute approximate surface area is 78.5 Å². The third kappa shape index (κ3) is 2.54. The van der Waals surface area contributed by atoms with Crippen molar-refractivity contribution in [2.24, 2.45) is 11.8 Å². The summed E-state index contributed by atoms with van der Waals surface area (Å²) in [5.41, 5.74) is 0. The van der Waals surface area contributed by atoms with Gasteiger partial charge in [-0.3, -0.25) is 9.59 Å². The van der Waals surface area contributed by atoms with Crippen LogP contribution < -0.4 is 0 Å². The Morgan fingerprint density at radius 3 is 2.77 bits per heavy atom. The lowest BCUT2D eigenvalue weighted by Crippen LogP contribution is -2.12. The maximum Gasteiger partial charge on any atom is 0.305 e. The Balaban J connectivity index is 2.30. The summed E-state index contributed by atoms with van der Waals surface area (Å²) < 4.78 is 4.55. The standard InChI is InChI=1S/C10H16O3/c1-7-8(3-5-9(7)11)4-6-10(12)13-2/h7-8H,3-6H2,1-2H3/t7-,8-/m1/s1. The second-order valence-electron chi connectivity index (χ2n) is 3.67. The van der Waals surface area contributed by atoms with Crippen molar-refractivity contribution in [2.75, 3.05) is 7.11 Å². The number of ether oxygens (including phenoxy) is 1. The van der Waals surface area contributed by atoms with E-state index in [2.05, 4.69) is 4.74 Å². The summed E-state index contributed by atoms with van der Waals surface area (Å²) in [6.45, 7) is 1.96. The maximum atomic E-state index is 11.2. The number of Topliss-reactive ketones (excluding diaryl/α,β-unsaturated/α-hetero) is 1. The molecule has 13 heavy (non-hydrogen) atoms. The number of carbonyl (C=O) groups excluding carboxylic acids is 2. The normalized spacial score (nSPS) is 27.7. The molecule has 0 spiro atoms. The molecule has 2 atom stereocenters. The van der Waals surface area contributed by atoms with Crippen LogP contribution in [0, 0.1) is 11.8 Å². The molecule has 3 heteroatoms. The average Bonchev–Trinajstić information content (AvgIpc) is 2.44. The highest BCUT2D eigenvalue weighted by atomic mass is 16.5. The van der Waals surface area contributed by atoms with Crippen LogP contribution in [0.1, 0.15) is 32.6 Å². The highest BCUT2D eigenvalue weighted by Crippen LogP contribution is 2.31. The van der Waals surface area contributed by atoms with Crippen molar-refractivity contribution in [3.63, 3.8) is 0 Å². The Hall–Kier alpha value is -0.860. The first-order valence-corrected chi connectivity index (χ1v) is 4.74. The van der Waals surface area contributed by atoms with Gasteiger partial charge in [-0.15, -0.1) is 0 Å². The molecule has 0 N–H and O–H groups in total. The molecule has 74 valence electrons. The van der Waals surface area contributed by atoms with Crippen LogP contribution in [0.4, 0.5) is 0 Å². The Kier molecular flexibility index (Phi) is 3.46. The fourth-order valence-corrected chi connectivity index (χ4v) is 1.87. The molecular formula is C10H16O3.